The molecular weight excluding hydrogens is 298 g/mol. The SMILES string of the molecule is CN=C(NCCCCN1CCOCC1)NCc1ncc(C)s1. The third-order valence-corrected chi connectivity index (χ3v) is 4.51. The largest absolute Gasteiger partial charge is 0.379 e. The Labute approximate surface area is 137 Å². The van der Waals surface area contributed by atoms with Crippen LogP contribution in [0.5, 0.6) is 0 Å². The fourth-order valence-corrected chi connectivity index (χ4v) is 3.08. The highest BCUT2D eigenvalue weighted by molar-refractivity contribution is 7.11. The van der Waals surface area contributed by atoms with Gasteiger partial charge < -0.3 is 15.4 Å². The van der Waals surface area contributed by atoms with Crippen LogP contribution < -0.4 is 10.6 Å². The molecule has 6 nitrogen and oxygen atoms in total. The first kappa shape index (κ1) is 17.2. The number of aryl methyl sites for hydroxylation is 1. The second kappa shape index (κ2) is 9.76. The van der Waals surface area contributed by atoms with E-state index in [2.05, 4.69) is 32.4 Å². The van der Waals surface area contributed by atoms with Crippen LogP contribution in [0.1, 0.15) is 22.7 Å². The molecular formula is C15H27N5OS. The van der Waals surface area contributed by atoms with Crippen LogP contribution in [0.2, 0.25) is 0 Å². The molecule has 0 aromatic carbocycles. The zero-order valence-corrected chi connectivity index (χ0v) is 14.4. The van der Waals surface area contributed by atoms with Crippen molar-refractivity contribution in [3.63, 3.8) is 0 Å². The number of unbranched alkanes of at least 4 members (excludes halogenated alkanes) is 1. The molecule has 1 aliphatic rings. The number of nitrogens with zero attached hydrogens (tertiary/aromatic N) is 3. The smallest absolute Gasteiger partial charge is 0.191 e. The highest BCUT2D eigenvalue weighted by Crippen LogP contribution is 2.10. The summed E-state index contributed by atoms with van der Waals surface area (Å²) in [7, 11) is 1.80. The molecule has 0 saturated carbocycles. The first-order chi connectivity index (χ1) is 10.8. The number of ether oxygens (including phenoxy) is 1. The first-order valence-corrected chi connectivity index (χ1v) is 8.75. The molecule has 0 aliphatic carbocycles. The van der Waals surface area contributed by atoms with Gasteiger partial charge in [0.25, 0.3) is 0 Å². The average molecular weight is 325 g/mol. The Morgan fingerprint density at radius 2 is 2.18 bits per heavy atom. The molecule has 1 aromatic rings. The van der Waals surface area contributed by atoms with Gasteiger partial charge in [-0.3, -0.25) is 9.89 Å². The van der Waals surface area contributed by atoms with Gasteiger partial charge in [-0.15, -0.1) is 11.3 Å². The fourth-order valence-electron chi connectivity index (χ4n) is 2.36. The Bertz CT molecular complexity index is 457. The third-order valence-electron chi connectivity index (χ3n) is 3.60. The quantitative estimate of drug-likeness (QED) is 0.448. The summed E-state index contributed by atoms with van der Waals surface area (Å²) in [5.74, 6) is 0.847. The highest BCUT2D eigenvalue weighted by Gasteiger charge is 2.09. The van der Waals surface area contributed by atoms with E-state index in [0.29, 0.717) is 0 Å². The standard InChI is InChI=1S/C15H27N5OS/c1-13-11-18-14(22-13)12-19-15(16-2)17-5-3-4-6-20-7-9-21-10-8-20/h11H,3-10,12H2,1-2H3,(H2,16,17,19). The number of guanidine groups is 1. The molecule has 0 amide bonds. The van der Waals surface area contributed by atoms with Gasteiger partial charge in [0.05, 0.1) is 19.8 Å². The number of aromatic nitrogens is 1. The number of nitrogens with one attached hydrogen (secondary N) is 2. The molecule has 2 heterocycles. The van der Waals surface area contributed by atoms with Gasteiger partial charge in [-0.05, 0) is 26.3 Å². The summed E-state index contributed by atoms with van der Waals surface area (Å²) in [5.41, 5.74) is 0. The summed E-state index contributed by atoms with van der Waals surface area (Å²) in [5, 5.41) is 7.75. The van der Waals surface area contributed by atoms with Gasteiger partial charge in [-0.2, -0.15) is 0 Å². The number of rotatable bonds is 7. The van der Waals surface area contributed by atoms with E-state index in [1.165, 1.54) is 11.3 Å². The zero-order chi connectivity index (χ0) is 15.6. The zero-order valence-electron chi connectivity index (χ0n) is 13.6. The van der Waals surface area contributed by atoms with Crippen LogP contribution in [0, 0.1) is 6.92 Å². The minimum Gasteiger partial charge on any atom is -0.379 e. The molecule has 2 rings (SSSR count). The molecule has 0 bridgehead atoms. The molecule has 0 atom stereocenters. The lowest BCUT2D eigenvalue weighted by atomic mass is 10.3. The van der Waals surface area contributed by atoms with Crippen molar-refractivity contribution in [2.24, 2.45) is 4.99 Å². The molecule has 0 radical (unpaired) electrons. The minimum atomic E-state index is 0.728. The minimum absolute atomic E-state index is 0.728. The van der Waals surface area contributed by atoms with Crippen LogP contribution in [-0.2, 0) is 11.3 Å². The van der Waals surface area contributed by atoms with Crippen molar-refractivity contribution in [3.8, 4) is 0 Å². The molecule has 0 spiro atoms. The van der Waals surface area contributed by atoms with Crippen LogP contribution >= 0.6 is 11.3 Å². The maximum Gasteiger partial charge on any atom is 0.191 e. The van der Waals surface area contributed by atoms with Crippen LogP contribution in [-0.4, -0.2) is 62.3 Å². The van der Waals surface area contributed by atoms with Crippen LogP contribution in [0.4, 0.5) is 0 Å². The molecule has 0 unspecified atom stereocenters. The predicted molar refractivity (Wildman–Crippen MR) is 91.5 cm³/mol. The van der Waals surface area contributed by atoms with Crippen molar-refractivity contribution in [2.75, 3.05) is 46.4 Å². The molecule has 2 N–H and O–H groups in total. The van der Waals surface area contributed by atoms with Gasteiger partial charge in [0.1, 0.15) is 5.01 Å². The highest BCUT2D eigenvalue weighted by atomic mass is 32.1. The first-order valence-electron chi connectivity index (χ1n) is 7.94. The number of aliphatic imine (C=N–C) groups is 1. The van der Waals surface area contributed by atoms with E-state index in [4.69, 9.17) is 4.74 Å². The van der Waals surface area contributed by atoms with Crippen LogP contribution in [0.3, 0.4) is 0 Å². The molecule has 1 aliphatic heterocycles. The Morgan fingerprint density at radius 1 is 1.36 bits per heavy atom. The van der Waals surface area contributed by atoms with Crippen LogP contribution in [0.15, 0.2) is 11.2 Å². The normalized spacial score (nSPS) is 16.7. The van der Waals surface area contributed by atoms with Gasteiger partial charge in [-0.1, -0.05) is 0 Å². The van der Waals surface area contributed by atoms with Crippen molar-refractivity contribution in [1.82, 2.24) is 20.5 Å². The Balaban J connectivity index is 1.54. The maximum absolute atomic E-state index is 5.36. The molecule has 7 heteroatoms. The van der Waals surface area contributed by atoms with E-state index in [1.807, 2.05) is 6.20 Å². The summed E-state index contributed by atoms with van der Waals surface area (Å²) < 4.78 is 5.36. The van der Waals surface area contributed by atoms with Crippen molar-refractivity contribution < 1.29 is 4.74 Å². The van der Waals surface area contributed by atoms with Gasteiger partial charge in [0.15, 0.2) is 5.96 Å². The van der Waals surface area contributed by atoms with E-state index in [0.717, 1.165) is 63.3 Å². The number of thiazole rings is 1. The molecule has 1 saturated heterocycles. The Kier molecular flexibility index (Phi) is 7.62. The topological polar surface area (TPSA) is 61.8 Å². The van der Waals surface area contributed by atoms with E-state index >= 15 is 0 Å². The summed E-state index contributed by atoms with van der Waals surface area (Å²) in [6.07, 6.45) is 4.26. The lowest BCUT2D eigenvalue weighted by Crippen LogP contribution is -2.38. The van der Waals surface area contributed by atoms with Crippen LogP contribution in [0.25, 0.3) is 0 Å². The van der Waals surface area contributed by atoms with Gasteiger partial charge >= 0.3 is 0 Å². The molecule has 22 heavy (non-hydrogen) atoms. The number of hydrogen-bond acceptors (Lipinski definition) is 5. The van der Waals surface area contributed by atoms with Crippen molar-refractivity contribution >= 4 is 17.3 Å². The van der Waals surface area contributed by atoms with Crippen molar-refractivity contribution in [1.29, 1.82) is 0 Å². The summed E-state index contributed by atoms with van der Waals surface area (Å²) in [4.78, 5) is 12.3. The number of hydrogen-bond donors (Lipinski definition) is 2. The second-order valence-electron chi connectivity index (χ2n) is 5.38. The second-order valence-corrected chi connectivity index (χ2v) is 6.70. The van der Waals surface area contributed by atoms with E-state index in [9.17, 15) is 0 Å². The fraction of sp³-hybridized carbons (Fsp3) is 0.733. The summed E-state index contributed by atoms with van der Waals surface area (Å²) in [6.45, 7) is 8.81. The maximum atomic E-state index is 5.36. The summed E-state index contributed by atoms with van der Waals surface area (Å²) >= 11 is 1.72. The molecule has 1 aromatic heterocycles. The average Bonchev–Trinajstić information content (AvgIpc) is 2.96. The van der Waals surface area contributed by atoms with Gasteiger partial charge in [0, 0.05) is 37.8 Å². The third kappa shape index (κ3) is 6.29. The van der Waals surface area contributed by atoms with Crippen molar-refractivity contribution in [2.45, 2.75) is 26.3 Å². The lowest BCUT2D eigenvalue weighted by Gasteiger charge is -2.26. The number of morpholine rings is 1. The Hall–Kier alpha value is -1.18. The van der Waals surface area contributed by atoms with Gasteiger partial charge in [-0.25, -0.2) is 4.98 Å². The molecule has 124 valence electrons. The Morgan fingerprint density at radius 3 is 2.86 bits per heavy atom. The van der Waals surface area contributed by atoms with Crippen molar-refractivity contribution in [3.05, 3.63) is 16.1 Å². The lowest BCUT2D eigenvalue weighted by molar-refractivity contribution is 0.0372. The van der Waals surface area contributed by atoms with E-state index in [-0.39, 0.29) is 0 Å². The monoisotopic (exact) mass is 325 g/mol. The molecule has 1 fully saturated rings. The predicted octanol–water partition coefficient (Wildman–Crippen LogP) is 1.23. The summed E-state index contributed by atoms with van der Waals surface area (Å²) in [6, 6.07) is 0. The van der Waals surface area contributed by atoms with E-state index < -0.39 is 0 Å². The van der Waals surface area contributed by atoms with Gasteiger partial charge in [0.2, 0.25) is 0 Å². The van der Waals surface area contributed by atoms with E-state index in [1.54, 1.807) is 18.4 Å².